The molecule has 7 heteroatoms. The van der Waals surface area contributed by atoms with Gasteiger partial charge in [-0.25, -0.2) is 9.69 Å². The van der Waals surface area contributed by atoms with Crippen LogP contribution in [0.4, 0.5) is 16.2 Å². The quantitative estimate of drug-likeness (QED) is 0.849. The van der Waals surface area contributed by atoms with Crippen LogP contribution < -0.4 is 19.7 Å². The van der Waals surface area contributed by atoms with E-state index in [4.69, 9.17) is 9.47 Å². The zero-order valence-corrected chi connectivity index (χ0v) is 12.9. The fourth-order valence-corrected chi connectivity index (χ4v) is 2.24. The maximum Gasteiger partial charge on any atom is 0.332 e. The number of benzene rings is 2. The molecule has 0 bridgehead atoms. The van der Waals surface area contributed by atoms with Gasteiger partial charge in [-0.3, -0.25) is 4.79 Å². The summed E-state index contributed by atoms with van der Waals surface area (Å²) in [6, 6.07) is 11.3. The van der Waals surface area contributed by atoms with Gasteiger partial charge in [-0.2, -0.15) is 0 Å². The number of amides is 3. The number of rotatable bonds is 3. The Kier molecular flexibility index (Phi) is 3.97. The third kappa shape index (κ3) is 2.89. The van der Waals surface area contributed by atoms with E-state index >= 15 is 0 Å². The van der Waals surface area contributed by atoms with Crippen molar-refractivity contribution >= 4 is 39.7 Å². The molecule has 0 aliphatic carbocycles. The van der Waals surface area contributed by atoms with Gasteiger partial charge in [0.05, 0.1) is 5.69 Å². The van der Waals surface area contributed by atoms with E-state index in [1.54, 1.807) is 42.5 Å². The van der Waals surface area contributed by atoms with Gasteiger partial charge in [0.2, 0.25) is 13.2 Å². The Morgan fingerprint density at radius 2 is 1.86 bits per heavy atom. The second-order valence-electron chi connectivity index (χ2n) is 4.45. The van der Waals surface area contributed by atoms with Crippen LogP contribution in [0, 0.1) is 0 Å². The van der Waals surface area contributed by atoms with Gasteiger partial charge in [-0.15, -0.1) is 0 Å². The van der Waals surface area contributed by atoms with Gasteiger partial charge in [0.1, 0.15) is 0 Å². The second-order valence-corrected chi connectivity index (χ2v) is 5.37. The summed E-state index contributed by atoms with van der Waals surface area (Å²) in [5, 5.41) is 2.65. The van der Waals surface area contributed by atoms with Gasteiger partial charge >= 0.3 is 6.03 Å². The molecule has 0 saturated heterocycles. The molecule has 0 radical (unpaired) electrons. The molecule has 6 nitrogen and oxygen atoms in total. The van der Waals surface area contributed by atoms with E-state index in [2.05, 4.69) is 21.2 Å². The predicted molar refractivity (Wildman–Crippen MR) is 84.3 cm³/mol. The first-order chi connectivity index (χ1) is 10.7. The molecule has 3 amide bonds. The first-order valence-corrected chi connectivity index (χ1v) is 7.17. The molecule has 2 aromatic carbocycles. The number of hydrogen-bond donors (Lipinski definition) is 1. The monoisotopic (exact) mass is 362 g/mol. The maximum absolute atomic E-state index is 12.2. The second kappa shape index (κ2) is 6.07. The average Bonchev–Trinajstić information content (AvgIpc) is 2.98. The highest BCUT2D eigenvalue weighted by atomic mass is 79.9. The molecule has 0 atom stereocenters. The maximum atomic E-state index is 12.2. The lowest BCUT2D eigenvalue weighted by atomic mass is 10.2. The van der Waals surface area contributed by atoms with Crippen LogP contribution in [-0.2, 0) is 4.79 Å². The molecule has 0 aromatic heterocycles. The summed E-state index contributed by atoms with van der Waals surface area (Å²) >= 11 is 3.31. The van der Waals surface area contributed by atoms with E-state index in [0.29, 0.717) is 29.3 Å². The fraction of sp³-hybridized carbons (Fsp3) is 0.0667. The summed E-state index contributed by atoms with van der Waals surface area (Å²) in [5.41, 5.74) is 0.981. The number of carbonyl (C=O) groups is 2. The Bertz CT molecular complexity index is 718. The number of imide groups is 1. The van der Waals surface area contributed by atoms with Gasteiger partial charge in [-0.1, -0.05) is 15.9 Å². The molecule has 0 unspecified atom stereocenters. The summed E-state index contributed by atoms with van der Waals surface area (Å²) in [6.45, 7) is 0.130. The minimum atomic E-state index is -0.559. The SMILES string of the molecule is O=CN(C(=O)Nc1ccc(Br)cc1)c1ccc2c(c1)OCO2. The third-order valence-corrected chi connectivity index (χ3v) is 3.58. The third-order valence-electron chi connectivity index (χ3n) is 3.05. The van der Waals surface area contributed by atoms with Gasteiger partial charge in [0.15, 0.2) is 11.5 Å². The lowest BCUT2D eigenvalue weighted by molar-refractivity contribution is -0.106. The highest BCUT2D eigenvalue weighted by Gasteiger charge is 2.20. The first kappa shape index (κ1) is 14.4. The molecular weight excluding hydrogens is 352 g/mol. The van der Waals surface area contributed by atoms with Gasteiger partial charge < -0.3 is 14.8 Å². The van der Waals surface area contributed by atoms with E-state index in [9.17, 15) is 9.59 Å². The molecule has 3 rings (SSSR count). The summed E-state index contributed by atoms with van der Waals surface area (Å²) in [6.07, 6.45) is 0.450. The van der Waals surface area contributed by atoms with Crippen molar-refractivity contribution in [1.82, 2.24) is 0 Å². The Morgan fingerprint density at radius 1 is 1.14 bits per heavy atom. The number of fused-ring (bicyclic) bond motifs is 1. The molecule has 1 N–H and O–H groups in total. The standard InChI is InChI=1S/C15H11BrN2O4/c16-10-1-3-11(4-2-10)17-15(20)18(8-19)12-5-6-13-14(7-12)22-9-21-13/h1-8H,9H2,(H,17,20). The average molecular weight is 363 g/mol. The largest absolute Gasteiger partial charge is 0.454 e. The smallest absolute Gasteiger partial charge is 0.332 e. The number of hydrogen-bond acceptors (Lipinski definition) is 4. The molecular formula is C15H11BrN2O4. The number of anilines is 2. The van der Waals surface area contributed by atoms with Crippen LogP contribution >= 0.6 is 15.9 Å². The summed E-state index contributed by atoms with van der Waals surface area (Å²) in [7, 11) is 0. The number of nitrogens with one attached hydrogen (secondary N) is 1. The van der Waals surface area contributed by atoms with E-state index in [1.807, 2.05) is 0 Å². The Balaban J connectivity index is 1.79. The number of urea groups is 1. The van der Waals surface area contributed by atoms with Gasteiger partial charge in [-0.05, 0) is 36.4 Å². The van der Waals surface area contributed by atoms with Crippen molar-refractivity contribution < 1.29 is 19.1 Å². The number of halogens is 1. The highest BCUT2D eigenvalue weighted by molar-refractivity contribution is 9.10. The van der Waals surface area contributed by atoms with Crippen molar-refractivity contribution in [1.29, 1.82) is 0 Å². The van der Waals surface area contributed by atoms with Gasteiger partial charge in [0.25, 0.3) is 0 Å². The molecule has 0 fully saturated rings. The summed E-state index contributed by atoms with van der Waals surface area (Å²) in [5.74, 6) is 1.09. The molecule has 0 spiro atoms. The highest BCUT2D eigenvalue weighted by Crippen LogP contribution is 2.35. The molecule has 2 aromatic rings. The lowest BCUT2D eigenvalue weighted by Crippen LogP contribution is -2.33. The minimum Gasteiger partial charge on any atom is -0.454 e. The number of nitrogens with zero attached hydrogens (tertiary/aromatic N) is 1. The summed E-state index contributed by atoms with van der Waals surface area (Å²) in [4.78, 5) is 24.5. The number of ether oxygens (including phenoxy) is 2. The minimum absolute atomic E-state index is 0.130. The molecule has 1 heterocycles. The van der Waals surface area contributed by atoms with Crippen LogP contribution in [0.15, 0.2) is 46.9 Å². The Morgan fingerprint density at radius 3 is 2.59 bits per heavy atom. The molecule has 0 saturated carbocycles. The van der Waals surface area contributed by atoms with Crippen molar-refractivity contribution in [3.05, 3.63) is 46.9 Å². The Hall–Kier alpha value is -2.54. The van der Waals surface area contributed by atoms with Gasteiger partial charge in [0, 0.05) is 16.2 Å². The zero-order valence-electron chi connectivity index (χ0n) is 11.3. The van der Waals surface area contributed by atoms with E-state index in [0.717, 1.165) is 9.37 Å². The van der Waals surface area contributed by atoms with Crippen molar-refractivity contribution in [2.75, 3.05) is 17.0 Å². The van der Waals surface area contributed by atoms with E-state index in [1.165, 1.54) is 0 Å². The van der Waals surface area contributed by atoms with Crippen molar-refractivity contribution in [2.45, 2.75) is 0 Å². The normalized spacial score (nSPS) is 11.9. The van der Waals surface area contributed by atoms with E-state index in [-0.39, 0.29) is 6.79 Å². The fourth-order valence-electron chi connectivity index (χ4n) is 1.98. The van der Waals surface area contributed by atoms with Crippen LogP contribution in [0.3, 0.4) is 0 Å². The van der Waals surface area contributed by atoms with Crippen LogP contribution in [0.1, 0.15) is 0 Å². The first-order valence-electron chi connectivity index (χ1n) is 6.38. The van der Waals surface area contributed by atoms with Crippen LogP contribution in [-0.4, -0.2) is 19.2 Å². The number of carbonyl (C=O) groups excluding carboxylic acids is 2. The van der Waals surface area contributed by atoms with Crippen LogP contribution in [0.5, 0.6) is 11.5 Å². The van der Waals surface area contributed by atoms with Crippen LogP contribution in [0.2, 0.25) is 0 Å². The van der Waals surface area contributed by atoms with E-state index < -0.39 is 6.03 Å². The predicted octanol–water partition coefficient (Wildman–Crippen LogP) is 3.37. The molecule has 22 heavy (non-hydrogen) atoms. The molecule has 112 valence electrons. The summed E-state index contributed by atoms with van der Waals surface area (Å²) < 4.78 is 11.3. The Labute approximate surface area is 134 Å². The topological polar surface area (TPSA) is 67.9 Å². The van der Waals surface area contributed by atoms with Crippen molar-refractivity contribution in [3.63, 3.8) is 0 Å². The van der Waals surface area contributed by atoms with Crippen LogP contribution in [0.25, 0.3) is 0 Å². The molecule has 1 aliphatic heterocycles. The van der Waals surface area contributed by atoms with Crippen molar-refractivity contribution in [2.24, 2.45) is 0 Å². The molecule has 1 aliphatic rings. The lowest BCUT2D eigenvalue weighted by Gasteiger charge is -2.16. The van der Waals surface area contributed by atoms with Crippen molar-refractivity contribution in [3.8, 4) is 11.5 Å². The zero-order chi connectivity index (χ0) is 15.5.